The number of imidazole rings is 1. The molecule has 0 atom stereocenters. The minimum absolute atomic E-state index is 0.569. The third-order valence-corrected chi connectivity index (χ3v) is 4.02. The highest BCUT2D eigenvalue weighted by Crippen LogP contribution is 2.27. The Hall–Kier alpha value is -1.72. The Morgan fingerprint density at radius 1 is 1.26 bits per heavy atom. The first-order valence-corrected chi connectivity index (χ1v) is 7.19. The van der Waals surface area contributed by atoms with E-state index in [1.54, 1.807) is 11.3 Å². The van der Waals surface area contributed by atoms with Crippen molar-refractivity contribution in [1.82, 2.24) is 14.6 Å². The fraction of sp³-hybridized carbons (Fsp3) is 0.286. The maximum absolute atomic E-state index is 5.63. The van der Waals surface area contributed by atoms with Crippen molar-refractivity contribution in [2.24, 2.45) is 5.73 Å². The first kappa shape index (κ1) is 12.3. The Labute approximate surface area is 115 Å². The van der Waals surface area contributed by atoms with Crippen LogP contribution in [-0.2, 0) is 13.0 Å². The average molecular weight is 272 g/mol. The molecule has 0 aliphatic heterocycles. The third-order valence-electron chi connectivity index (χ3n) is 3.20. The summed E-state index contributed by atoms with van der Waals surface area (Å²) >= 11 is 1.63. The van der Waals surface area contributed by atoms with Gasteiger partial charge in [0.25, 0.3) is 0 Å². The van der Waals surface area contributed by atoms with E-state index >= 15 is 0 Å². The SMILES string of the molecule is CCc1c(-c2ccc(CN)cc2)nc2sc(C)nn12. The van der Waals surface area contributed by atoms with Crippen molar-refractivity contribution in [1.29, 1.82) is 0 Å². The molecule has 0 saturated heterocycles. The smallest absolute Gasteiger partial charge is 0.212 e. The van der Waals surface area contributed by atoms with Crippen LogP contribution < -0.4 is 5.73 Å². The monoisotopic (exact) mass is 272 g/mol. The first-order chi connectivity index (χ1) is 9.22. The van der Waals surface area contributed by atoms with E-state index in [1.807, 2.05) is 11.4 Å². The molecule has 1 aromatic carbocycles. The van der Waals surface area contributed by atoms with Gasteiger partial charge in [-0.15, -0.1) is 0 Å². The van der Waals surface area contributed by atoms with Gasteiger partial charge in [-0.25, -0.2) is 9.50 Å². The van der Waals surface area contributed by atoms with Gasteiger partial charge in [-0.2, -0.15) is 5.10 Å². The maximum atomic E-state index is 5.63. The van der Waals surface area contributed by atoms with Crippen LogP contribution in [0.15, 0.2) is 24.3 Å². The minimum atomic E-state index is 0.569. The number of benzene rings is 1. The molecule has 2 heterocycles. The van der Waals surface area contributed by atoms with E-state index in [-0.39, 0.29) is 0 Å². The summed E-state index contributed by atoms with van der Waals surface area (Å²) < 4.78 is 1.96. The quantitative estimate of drug-likeness (QED) is 0.797. The Morgan fingerprint density at radius 3 is 2.63 bits per heavy atom. The lowest BCUT2D eigenvalue weighted by atomic mass is 10.1. The summed E-state index contributed by atoms with van der Waals surface area (Å²) in [6.07, 6.45) is 0.915. The molecule has 2 aromatic heterocycles. The predicted octanol–water partition coefficient (Wildman–Crippen LogP) is 2.79. The van der Waals surface area contributed by atoms with Crippen LogP contribution in [0.25, 0.3) is 16.2 Å². The number of nitrogens with two attached hydrogens (primary N) is 1. The van der Waals surface area contributed by atoms with Gasteiger partial charge in [0.1, 0.15) is 5.01 Å². The van der Waals surface area contributed by atoms with E-state index in [9.17, 15) is 0 Å². The highest BCUT2D eigenvalue weighted by atomic mass is 32.1. The van der Waals surface area contributed by atoms with E-state index in [2.05, 4.69) is 36.3 Å². The molecule has 0 saturated carbocycles. The second kappa shape index (κ2) is 4.75. The molecular weight excluding hydrogens is 256 g/mol. The van der Waals surface area contributed by atoms with Gasteiger partial charge in [0.15, 0.2) is 0 Å². The van der Waals surface area contributed by atoms with E-state index in [0.29, 0.717) is 6.54 Å². The van der Waals surface area contributed by atoms with Crippen molar-refractivity contribution < 1.29 is 0 Å². The number of aryl methyl sites for hydroxylation is 2. The van der Waals surface area contributed by atoms with Gasteiger partial charge in [-0.3, -0.25) is 0 Å². The van der Waals surface area contributed by atoms with Crippen molar-refractivity contribution in [2.75, 3.05) is 0 Å². The van der Waals surface area contributed by atoms with Crippen LogP contribution in [0.3, 0.4) is 0 Å². The standard InChI is InChI=1S/C14H16N4S/c1-3-12-13(11-6-4-10(8-15)5-7-11)16-14-18(12)17-9(2)19-14/h4-7H,3,8,15H2,1-2H3. The van der Waals surface area contributed by atoms with E-state index < -0.39 is 0 Å². The van der Waals surface area contributed by atoms with E-state index in [1.165, 1.54) is 5.69 Å². The fourth-order valence-corrected chi connectivity index (χ4v) is 2.99. The van der Waals surface area contributed by atoms with Gasteiger partial charge in [0.05, 0.1) is 11.4 Å². The highest BCUT2D eigenvalue weighted by Gasteiger charge is 2.15. The van der Waals surface area contributed by atoms with Gasteiger partial charge in [0.2, 0.25) is 4.96 Å². The largest absolute Gasteiger partial charge is 0.326 e. The van der Waals surface area contributed by atoms with Crippen LogP contribution in [0.5, 0.6) is 0 Å². The lowest BCUT2D eigenvalue weighted by Gasteiger charge is -2.02. The van der Waals surface area contributed by atoms with Crippen molar-refractivity contribution >= 4 is 16.3 Å². The average Bonchev–Trinajstić information content (AvgIpc) is 2.94. The molecule has 19 heavy (non-hydrogen) atoms. The second-order valence-corrected chi connectivity index (χ2v) is 5.64. The van der Waals surface area contributed by atoms with Gasteiger partial charge in [0, 0.05) is 12.1 Å². The number of fused-ring (bicyclic) bond motifs is 1. The van der Waals surface area contributed by atoms with Crippen LogP contribution in [-0.4, -0.2) is 14.6 Å². The van der Waals surface area contributed by atoms with Gasteiger partial charge < -0.3 is 5.73 Å². The molecule has 0 spiro atoms. The summed E-state index contributed by atoms with van der Waals surface area (Å²) in [6, 6.07) is 8.28. The second-order valence-electron chi connectivity index (χ2n) is 4.48. The molecule has 0 amide bonds. The van der Waals surface area contributed by atoms with E-state index in [0.717, 1.165) is 33.2 Å². The third kappa shape index (κ3) is 2.05. The molecule has 0 radical (unpaired) electrons. The Kier molecular flexibility index (Phi) is 3.08. The summed E-state index contributed by atoms with van der Waals surface area (Å²) in [5, 5.41) is 5.56. The molecule has 3 aromatic rings. The topological polar surface area (TPSA) is 56.2 Å². The molecular formula is C14H16N4S. The number of hydrogen-bond donors (Lipinski definition) is 1. The summed E-state index contributed by atoms with van der Waals surface area (Å²) in [7, 11) is 0. The van der Waals surface area contributed by atoms with Crippen molar-refractivity contribution in [3.8, 4) is 11.3 Å². The van der Waals surface area contributed by atoms with Crippen LogP contribution in [0.1, 0.15) is 23.2 Å². The zero-order chi connectivity index (χ0) is 13.4. The Balaban J connectivity index is 2.14. The van der Waals surface area contributed by atoms with E-state index in [4.69, 9.17) is 10.7 Å². The molecule has 4 nitrogen and oxygen atoms in total. The summed E-state index contributed by atoms with van der Waals surface area (Å²) in [6.45, 7) is 4.71. The highest BCUT2D eigenvalue weighted by molar-refractivity contribution is 7.16. The van der Waals surface area contributed by atoms with Gasteiger partial charge in [-0.1, -0.05) is 42.5 Å². The van der Waals surface area contributed by atoms with Crippen molar-refractivity contribution in [3.63, 3.8) is 0 Å². The lowest BCUT2D eigenvalue weighted by molar-refractivity contribution is 0.868. The van der Waals surface area contributed by atoms with Crippen LogP contribution in [0.2, 0.25) is 0 Å². The summed E-state index contributed by atoms with van der Waals surface area (Å²) in [5.74, 6) is 0. The zero-order valence-electron chi connectivity index (χ0n) is 11.1. The number of nitrogens with zero attached hydrogens (tertiary/aromatic N) is 3. The number of hydrogen-bond acceptors (Lipinski definition) is 4. The summed E-state index contributed by atoms with van der Waals surface area (Å²) in [5.41, 5.74) is 10.1. The molecule has 0 unspecified atom stereocenters. The van der Waals surface area contributed by atoms with Crippen molar-refractivity contribution in [2.45, 2.75) is 26.8 Å². The molecule has 0 aliphatic rings. The predicted molar refractivity (Wildman–Crippen MR) is 78.3 cm³/mol. The van der Waals surface area contributed by atoms with Crippen LogP contribution in [0.4, 0.5) is 0 Å². The van der Waals surface area contributed by atoms with Gasteiger partial charge in [-0.05, 0) is 18.9 Å². The maximum Gasteiger partial charge on any atom is 0.212 e. The molecule has 98 valence electrons. The zero-order valence-corrected chi connectivity index (χ0v) is 11.9. The Morgan fingerprint density at radius 2 is 2.00 bits per heavy atom. The van der Waals surface area contributed by atoms with Crippen molar-refractivity contribution in [3.05, 3.63) is 40.5 Å². The molecule has 2 N–H and O–H groups in total. The molecule has 0 bridgehead atoms. The fourth-order valence-electron chi connectivity index (χ4n) is 2.23. The number of rotatable bonds is 3. The lowest BCUT2D eigenvalue weighted by Crippen LogP contribution is -1.96. The molecule has 5 heteroatoms. The normalized spacial score (nSPS) is 11.3. The number of aromatic nitrogens is 3. The van der Waals surface area contributed by atoms with Crippen LogP contribution >= 0.6 is 11.3 Å². The summed E-state index contributed by atoms with van der Waals surface area (Å²) in [4.78, 5) is 5.68. The first-order valence-electron chi connectivity index (χ1n) is 6.37. The molecule has 0 aliphatic carbocycles. The minimum Gasteiger partial charge on any atom is -0.326 e. The van der Waals surface area contributed by atoms with Gasteiger partial charge >= 0.3 is 0 Å². The Bertz CT molecular complexity index is 709. The molecule has 3 rings (SSSR count). The van der Waals surface area contributed by atoms with Crippen LogP contribution in [0, 0.1) is 6.92 Å². The molecule has 0 fully saturated rings.